The highest BCUT2D eigenvalue weighted by atomic mass is 79.9. The average Bonchev–Trinajstić information content (AvgIpc) is 3.16. The average molecular weight is 660 g/mol. The number of rotatable bonds is 9. The Labute approximate surface area is 265 Å². The summed E-state index contributed by atoms with van der Waals surface area (Å²) in [6, 6.07) is 19.1. The molecule has 3 aromatic rings. The van der Waals surface area contributed by atoms with Gasteiger partial charge in [0.2, 0.25) is 11.8 Å². The van der Waals surface area contributed by atoms with E-state index in [1.165, 1.54) is 16.7 Å². The molecule has 0 spiro atoms. The number of carbonyl (C=O) groups is 4. The van der Waals surface area contributed by atoms with Gasteiger partial charge in [0.25, 0.3) is 11.8 Å². The number of nitrogens with zero attached hydrogens (tertiary/aromatic N) is 2. The molecule has 1 fully saturated rings. The molecule has 6 rings (SSSR count). The van der Waals surface area contributed by atoms with E-state index >= 15 is 0 Å². The van der Waals surface area contributed by atoms with Gasteiger partial charge in [0.15, 0.2) is 0 Å². The summed E-state index contributed by atoms with van der Waals surface area (Å²) in [6.07, 6.45) is 2.77. The van der Waals surface area contributed by atoms with Crippen molar-refractivity contribution in [2.24, 2.45) is 0 Å². The number of anilines is 1. The summed E-state index contributed by atoms with van der Waals surface area (Å²) in [4.78, 5) is 53.7. The van der Waals surface area contributed by atoms with Crippen LogP contribution >= 0.6 is 15.9 Å². The molecule has 44 heavy (non-hydrogen) atoms. The zero-order valence-corrected chi connectivity index (χ0v) is 26.2. The number of unbranched alkanes of at least 4 members (excludes halogenated alkanes) is 1. The van der Waals surface area contributed by atoms with E-state index in [0.717, 1.165) is 47.5 Å². The van der Waals surface area contributed by atoms with Crippen LogP contribution in [0.15, 0.2) is 65.1 Å². The highest BCUT2D eigenvalue weighted by Gasteiger charge is 2.45. The molecular formula is C34H35BrN4O5. The van der Waals surface area contributed by atoms with Gasteiger partial charge in [-0.25, -0.2) is 0 Å². The lowest BCUT2D eigenvalue weighted by atomic mass is 9.88. The minimum atomic E-state index is -0.985. The number of likely N-dealkylation sites (N-methyl/N-ethyl adjacent to an activating group) is 1. The lowest BCUT2D eigenvalue weighted by Gasteiger charge is -2.27. The standard InChI is InChI=1S/C34H35BrN4O5/c1-38-16-14-22-18-26(35)29(19-24(22)25(20-38)21-8-3-2-4-9-21)44-17-6-5-15-36-27-11-7-10-23-31(27)34(43)39(33(23)42)28-12-13-30(40)37-32(28)41/h2-4,7-11,18-19,25,28,36H,5-6,12-17,20H2,1H3,(H,37,40,41). The van der Waals surface area contributed by atoms with E-state index in [4.69, 9.17) is 4.74 Å². The third kappa shape index (κ3) is 6.01. The minimum Gasteiger partial charge on any atom is -0.492 e. The van der Waals surface area contributed by atoms with E-state index in [0.29, 0.717) is 18.8 Å². The predicted molar refractivity (Wildman–Crippen MR) is 170 cm³/mol. The monoisotopic (exact) mass is 658 g/mol. The van der Waals surface area contributed by atoms with Crippen LogP contribution in [0.2, 0.25) is 0 Å². The van der Waals surface area contributed by atoms with Crippen molar-refractivity contribution in [2.75, 3.05) is 38.6 Å². The number of nitrogens with one attached hydrogen (secondary N) is 2. The lowest BCUT2D eigenvalue weighted by molar-refractivity contribution is -0.136. The molecule has 3 heterocycles. The van der Waals surface area contributed by atoms with Crippen molar-refractivity contribution >= 4 is 45.2 Å². The molecule has 2 unspecified atom stereocenters. The van der Waals surface area contributed by atoms with Crippen molar-refractivity contribution in [1.82, 2.24) is 15.1 Å². The van der Waals surface area contributed by atoms with Crippen LogP contribution in [0.5, 0.6) is 5.75 Å². The smallest absolute Gasteiger partial charge is 0.264 e. The fourth-order valence-corrected chi connectivity index (χ4v) is 6.84. The maximum Gasteiger partial charge on any atom is 0.264 e. The molecule has 0 saturated carbocycles. The predicted octanol–water partition coefficient (Wildman–Crippen LogP) is 4.74. The van der Waals surface area contributed by atoms with Gasteiger partial charge < -0.3 is 15.0 Å². The number of amides is 4. The Hall–Kier alpha value is -4.02. The van der Waals surface area contributed by atoms with Crippen LogP contribution in [-0.2, 0) is 16.0 Å². The van der Waals surface area contributed by atoms with Gasteiger partial charge in [-0.3, -0.25) is 29.4 Å². The molecule has 1 saturated heterocycles. The zero-order chi connectivity index (χ0) is 30.8. The van der Waals surface area contributed by atoms with E-state index < -0.39 is 29.7 Å². The van der Waals surface area contributed by atoms with Crippen LogP contribution in [0.3, 0.4) is 0 Å². The Bertz CT molecular complexity index is 1610. The van der Waals surface area contributed by atoms with E-state index in [1.54, 1.807) is 18.2 Å². The van der Waals surface area contributed by atoms with Crippen molar-refractivity contribution < 1.29 is 23.9 Å². The van der Waals surface area contributed by atoms with Crippen LogP contribution < -0.4 is 15.4 Å². The number of halogens is 1. The third-order valence-electron chi connectivity index (χ3n) is 8.64. The molecule has 0 aliphatic carbocycles. The Morgan fingerprint density at radius 2 is 1.80 bits per heavy atom. The normalized spacial score (nSPS) is 20.2. The fraction of sp³-hybridized carbons (Fsp3) is 0.353. The summed E-state index contributed by atoms with van der Waals surface area (Å²) >= 11 is 3.73. The molecule has 3 aromatic carbocycles. The second kappa shape index (κ2) is 12.9. The first-order valence-corrected chi connectivity index (χ1v) is 15.9. The highest BCUT2D eigenvalue weighted by molar-refractivity contribution is 9.10. The first-order chi connectivity index (χ1) is 21.3. The van der Waals surface area contributed by atoms with E-state index in [-0.39, 0.29) is 29.9 Å². The molecule has 10 heteroatoms. The molecule has 228 valence electrons. The van der Waals surface area contributed by atoms with Gasteiger partial charge in [-0.2, -0.15) is 0 Å². The SMILES string of the molecule is CN1CCc2cc(Br)c(OCCCCNc3cccc4c3C(=O)N(C3CCC(=O)NC3=O)C4=O)cc2C(c2ccccc2)C1. The van der Waals surface area contributed by atoms with Gasteiger partial charge in [-0.1, -0.05) is 36.4 Å². The maximum atomic E-state index is 13.3. The van der Waals surface area contributed by atoms with E-state index in [2.05, 4.69) is 81.0 Å². The Kier molecular flexibility index (Phi) is 8.81. The van der Waals surface area contributed by atoms with Crippen LogP contribution in [-0.4, -0.2) is 72.8 Å². The maximum absolute atomic E-state index is 13.3. The zero-order valence-electron chi connectivity index (χ0n) is 24.6. The second-order valence-corrected chi connectivity index (χ2v) is 12.5. The summed E-state index contributed by atoms with van der Waals surface area (Å²) in [7, 11) is 2.17. The van der Waals surface area contributed by atoms with Gasteiger partial charge in [0.05, 0.1) is 22.2 Å². The summed E-state index contributed by atoms with van der Waals surface area (Å²) in [5, 5.41) is 5.53. The summed E-state index contributed by atoms with van der Waals surface area (Å²) in [5.74, 6) is -0.933. The third-order valence-corrected chi connectivity index (χ3v) is 9.26. The number of fused-ring (bicyclic) bond motifs is 2. The molecule has 9 nitrogen and oxygen atoms in total. The molecule has 3 aliphatic rings. The van der Waals surface area contributed by atoms with Gasteiger partial charge in [0.1, 0.15) is 11.8 Å². The molecule has 3 aliphatic heterocycles. The number of carbonyl (C=O) groups excluding carboxylic acids is 4. The largest absolute Gasteiger partial charge is 0.492 e. The lowest BCUT2D eigenvalue weighted by Crippen LogP contribution is -2.54. The number of hydrogen-bond donors (Lipinski definition) is 2. The molecule has 4 amide bonds. The number of ether oxygens (including phenoxy) is 1. The van der Waals surface area contributed by atoms with Crippen LogP contribution in [0, 0.1) is 0 Å². The second-order valence-electron chi connectivity index (χ2n) is 11.6. The highest BCUT2D eigenvalue weighted by Crippen LogP contribution is 2.38. The number of imide groups is 2. The van der Waals surface area contributed by atoms with Crippen LogP contribution in [0.4, 0.5) is 5.69 Å². The molecule has 2 N–H and O–H groups in total. The molecule has 0 aromatic heterocycles. The van der Waals surface area contributed by atoms with Crippen molar-refractivity contribution in [1.29, 1.82) is 0 Å². The Morgan fingerprint density at radius 1 is 0.977 bits per heavy atom. The van der Waals surface area contributed by atoms with Crippen molar-refractivity contribution in [3.8, 4) is 5.75 Å². The number of piperidine rings is 1. The Morgan fingerprint density at radius 3 is 2.59 bits per heavy atom. The molecule has 0 radical (unpaired) electrons. The fourth-order valence-electron chi connectivity index (χ4n) is 6.34. The molecular weight excluding hydrogens is 624 g/mol. The molecule has 2 atom stereocenters. The van der Waals surface area contributed by atoms with Crippen LogP contribution in [0.25, 0.3) is 0 Å². The van der Waals surface area contributed by atoms with Gasteiger partial charge in [0, 0.05) is 37.7 Å². The van der Waals surface area contributed by atoms with Crippen molar-refractivity contribution in [3.05, 3.63) is 93.0 Å². The summed E-state index contributed by atoms with van der Waals surface area (Å²) in [6.45, 7) is 3.07. The van der Waals surface area contributed by atoms with Crippen molar-refractivity contribution in [3.63, 3.8) is 0 Å². The number of benzene rings is 3. The van der Waals surface area contributed by atoms with Crippen LogP contribution in [0.1, 0.15) is 69.0 Å². The first-order valence-electron chi connectivity index (χ1n) is 15.1. The van der Waals surface area contributed by atoms with Crippen molar-refractivity contribution in [2.45, 2.75) is 44.1 Å². The first kappa shape index (κ1) is 30.0. The number of hydrogen-bond acceptors (Lipinski definition) is 7. The van der Waals surface area contributed by atoms with E-state index in [1.807, 2.05) is 0 Å². The van der Waals surface area contributed by atoms with E-state index in [9.17, 15) is 19.2 Å². The van der Waals surface area contributed by atoms with Gasteiger partial charge >= 0.3 is 0 Å². The van der Waals surface area contributed by atoms with Gasteiger partial charge in [-0.05, 0) is 89.6 Å². The summed E-state index contributed by atoms with van der Waals surface area (Å²) < 4.78 is 7.21. The minimum absolute atomic E-state index is 0.0873. The molecule has 0 bridgehead atoms. The topological polar surface area (TPSA) is 108 Å². The van der Waals surface area contributed by atoms with Gasteiger partial charge in [-0.15, -0.1) is 0 Å². The quantitative estimate of drug-likeness (QED) is 0.253. The summed E-state index contributed by atoms with van der Waals surface area (Å²) in [5.41, 5.74) is 5.04. The Balaban J connectivity index is 1.06.